The molecule has 2 N–H and O–H groups in total. The molecule has 118 valence electrons. The van der Waals surface area contributed by atoms with E-state index in [0.29, 0.717) is 11.2 Å². The fraction of sp³-hybridized carbons (Fsp3) is 0.750. The van der Waals surface area contributed by atoms with Crippen LogP contribution in [0.2, 0.25) is 0 Å². The van der Waals surface area contributed by atoms with Crippen molar-refractivity contribution in [1.82, 2.24) is 9.97 Å². The summed E-state index contributed by atoms with van der Waals surface area (Å²) >= 11 is 1.91. The average Bonchev–Trinajstić information content (AvgIpc) is 3.32. The largest absolute Gasteiger partial charge is 0.370 e. The molecular weight excluding hydrogens is 280 g/mol. The molecule has 4 nitrogen and oxygen atoms in total. The lowest BCUT2D eigenvalue weighted by atomic mass is 10.2. The molecule has 1 aliphatic rings. The van der Waals surface area contributed by atoms with Crippen LogP contribution < -0.4 is 10.6 Å². The molecule has 2 rings (SSSR count). The quantitative estimate of drug-likeness (QED) is 0.721. The number of nitrogens with one attached hydrogen (secondary N) is 2. The molecule has 1 atom stereocenters. The van der Waals surface area contributed by atoms with Crippen LogP contribution in [0.5, 0.6) is 0 Å². The summed E-state index contributed by atoms with van der Waals surface area (Å²) in [6.07, 6.45) is 6.90. The van der Waals surface area contributed by atoms with Crippen molar-refractivity contribution < 1.29 is 0 Å². The van der Waals surface area contributed by atoms with Crippen LogP contribution in [-0.4, -0.2) is 34.6 Å². The van der Waals surface area contributed by atoms with Crippen LogP contribution in [0.1, 0.15) is 56.8 Å². The van der Waals surface area contributed by atoms with Gasteiger partial charge in [-0.2, -0.15) is 11.8 Å². The summed E-state index contributed by atoms with van der Waals surface area (Å²) in [4.78, 5) is 9.48. The second kappa shape index (κ2) is 7.87. The number of rotatable bonds is 9. The summed E-state index contributed by atoms with van der Waals surface area (Å²) in [6, 6.07) is 0. The molecule has 0 aliphatic heterocycles. The minimum Gasteiger partial charge on any atom is -0.370 e. The van der Waals surface area contributed by atoms with Crippen molar-refractivity contribution in [1.29, 1.82) is 0 Å². The molecule has 1 aliphatic carbocycles. The summed E-state index contributed by atoms with van der Waals surface area (Å²) in [5.41, 5.74) is 1.14. The highest BCUT2D eigenvalue weighted by Crippen LogP contribution is 2.39. The van der Waals surface area contributed by atoms with Gasteiger partial charge in [0.15, 0.2) is 0 Å². The Labute approximate surface area is 132 Å². The van der Waals surface area contributed by atoms with Crippen molar-refractivity contribution in [3.05, 3.63) is 11.4 Å². The van der Waals surface area contributed by atoms with Crippen molar-refractivity contribution in [2.75, 3.05) is 30.0 Å². The Balaban J connectivity index is 2.08. The van der Waals surface area contributed by atoms with Crippen LogP contribution in [0.25, 0.3) is 0 Å². The topological polar surface area (TPSA) is 49.8 Å². The predicted molar refractivity (Wildman–Crippen MR) is 93.6 cm³/mol. The molecule has 1 saturated carbocycles. The summed E-state index contributed by atoms with van der Waals surface area (Å²) < 4.78 is 0. The minimum atomic E-state index is 0.582. The molecule has 0 bridgehead atoms. The third-order valence-electron chi connectivity index (χ3n) is 3.89. The Morgan fingerprint density at radius 2 is 1.81 bits per heavy atom. The Bertz CT molecular complexity index is 460. The number of anilines is 2. The standard InChI is InChI=1S/C16H28N4S/c1-5-9-17-14-12(3)15(18-10-8-11(2)21-4)20-16(19-14)13-6-7-13/h11,13H,5-10H2,1-4H3,(H2,17,18,19,20). The van der Waals surface area contributed by atoms with Crippen LogP contribution in [-0.2, 0) is 0 Å². The van der Waals surface area contributed by atoms with Crippen LogP contribution in [0.3, 0.4) is 0 Å². The highest BCUT2D eigenvalue weighted by molar-refractivity contribution is 7.99. The second-order valence-electron chi connectivity index (χ2n) is 5.87. The number of nitrogens with zero attached hydrogens (tertiary/aromatic N) is 2. The first kappa shape index (κ1) is 16.4. The molecule has 1 aromatic heterocycles. The van der Waals surface area contributed by atoms with E-state index in [0.717, 1.165) is 49.0 Å². The maximum Gasteiger partial charge on any atom is 0.136 e. The van der Waals surface area contributed by atoms with Gasteiger partial charge in [-0.1, -0.05) is 13.8 Å². The predicted octanol–water partition coefficient (Wildman–Crippen LogP) is 4.04. The maximum absolute atomic E-state index is 4.76. The smallest absolute Gasteiger partial charge is 0.136 e. The molecule has 0 saturated heterocycles. The van der Waals surface area contributed by atoms with Gasteiger partial charge >= 0.3 is 0 Å². The van der Waals surface area contributed by atoms with Gasteiger partial charge in [0, 0.05) is 29.8 Å². The number of hydrogen-bond acceptors (Lipinski definition) is 5. The average molecular weight is 308 g/mol. The minimum absolute atomic E-state index is 0.582. The van der Waals surface area contributed by atoms with E-state index in [4.69, 9.17) is 9.97 Å². The van der Waals surface area contributed by atoms with E-state index < -0.39 is 0 Å². The Kier molecular flexibility index (Phi) is 6.15. The fourth-order valence-corrected chi connectivity index (χ4v) is 2.51. The lowest BCUT2D eigenvalue weighted by Gasteiger charge is -2.16. The van der Waals surface area contributed by atoms with Crippen molar-refractivity contribution in [2.24, 2.45) is 0 Å². The molecule has 0 radical (unpaired) electrons. The van der Waals surface area contributed by atoms with Crippen LogP contribution in [0.15, 0.2) is 0 Å². The van der Waals surface area contributed by atoms with Crippen molar-refractivity contribution in [3.63, 3.8) is 0 Å². The van der Waals surface area contributed by atoms with Crippen LogP contribution >= 0.6 is 11.8 Å². The van der Waals surface area contributed by atoms with Gasteiger partial charge in [0.25, 0.3) is 0 Å². The molecule has 0 spiro atoms. The highest BCUT2D eigenvalue weighted by atomic mass is 32.2. The molecule has 5 heteroatoms. The number of hydrogen-bond donors (Lipinski definition) is 2. The Morgan fingerprint density at radius 1 is 1.19 bits per heavy atom. The van der Waals surface area contributed by atoms with Gasteiger partial charge in [-0.25, -0.2) is 9.97 Å². The lowest BCUT2D eigenvalue weighted by Crippen LogP contribution is -2.14. The van der Waals surface area contributed by atoms with Gasteiger partial charge < -0.3 is 10.6 Å². The normalized spacial score (nSPS) is 15.8. The first-order valence-electron chi connectivity index (χ1n) is 8.04. The van der Waals surface area contributed by atoms with Crippen molar-refractivity contribution >= 4 is 23.4 Å². The Morgan fingerprint density at radius 3 is 2.33 bits per heavy atom. The zero-order valence-electron chi connectivity index (χ0n) is 13.7. The Hall–Kier alpha value is -0.970. The summed E-state index contributed by atoms with van der Waals surface area (Å²) in [6.45, 7) is 8.48. The summed E-state index contributed by atoms with van der Waals surface area (Å²) in [5.74, 6) is 3.62. The monoisotopic (exact) mass is 308 g/mol. The van der Waals surface area contributed by atoms with E-state index in [9.17, 15) is 0 Å². The molecule has 0 aromatic carbocycles. The van der Waals surface area contributed by atoms with Gasteiger partial charge in [0.2, 0.25) is 0 Å². The fourth-order valence-electron chi connectivity index (χ4n) is 2.16. The molecule has 1 fully saturated rings. The van der Waals surface area contributed by atoms with Gasteiger partial charge in [-0.3, -0.25) is 0 Å². The van der Waals surface area contributed by atoms with E-state index in [-0.39, 0.29) is 0 Å². The zero-order chi connectivity index (χ0) is 15.2. The van der Waals surface area contributed by atoms with Gasteiger partial charge in [0.05, 0.1) is 0 Å². The maximum atomic E-state index is 4.76. The van der Waals surface area contributed by atoms with E-state index >= 15 is 0 Å². The molecule has 1 heterocycles. The molecule has 0 amide bonds. The summed E-state index contributed by atoms with van der Waals surface area (Å²) in [5, 5.41) is 7.64. The SMILES string of the molecule is CCCNc1nc(C2CC2)nc(NCCC(C)SC)c1C. The van der Waals surface area contributed by atoms with Crippen molar-refractivity contribution in [3.8, 4) is 0 Å². The van der Waals surface area contributed by atoms with Gasteiger partial charge in [-0.15, -0.1) is 0 Å². The van der Waals surface area contributed by atoms with Crippen LogP contribution in [0.4, 0.5) is 11.6 Å². The van der Waals surface area contributed by atoms with E-state index in [2.05, 4.69) is 37.7 Å². The first-order chi connectivity index (χ1) is 10.2. The number of aromatic nitrogens is 2. The van der Waals surface area contributed by atoms with E-state index in [1.165, 1.54) is 12.8 Å². The lowest BCUT2D eigenvalue weighted by molar-refractivity contribution is 0.839. The first-order valence-corrected chi connectivity index (χ1v) is 9.33. The molecular formula is C16H28N4S. The zero-order valence-corrected chi connectivity index (χ0v) is 14.5. The van der Waals surface area contributed by atoms with Crippen LogP contribution in [0, 0.1) is 6.92 Å². The molecule has 1 unspecified atom stereocenters. The second-order valence-corrected chi connectivity index (χ2v) is 7.14. The van der Waals surface area contributed by atoms with Crippen molar-refractivity contribution in [2.45, 2.75) is 57.6 Å². The molecule has 1 aromatic rings. The number of thioether (sulfide) groups is 1. The third-order valence-corrected chi connectivity index (χ3v) is 4.93. The van der Waals surface area contributed by atoms with Gasteiger partial charge in [-0.05, 0) is 38.9 Å². The van der Waals surface area contributed by atoms with E-state index in [1.807, 2.05) is 11.8 Å². The molecule has 21 heavy (non-hydrogen) atoms. The third kappa shape index (κ3) is 4.77. The van der Waals surface area contributed by atoms with Gasteiger partial charge in [0.1, 0.15) is 17.5 Å². The summed E-state index contributed by atoms with van der Waals surface area (Å²) in [7, 11) is 0. The highest BCUT2D eigenvalue weighted by Gasteiger charge is 2.28. The van der Waals surface area contributed by atoms with E-state index in [1.54, 1.807) is 0 Å².